The third-order valence-electron chi connectivity index (χ3n) is 2.03. The number of carbonyl (C=O) groups excluding carboxylic acids is 1. The molecule has 0 aromatic rings. The minimum atomic E-state index is -3.27. The van der Waals surface area contributed by atoms with Crippen LogP contribution in [0, 0.1) is 0 Å². The Morgan fingerprint density at radius 3 is 2.38 bits per heavy atom. The molecule has 0 bridgehead atoms. The molecule has 2 atom stereocenters. The topological polar surface area (TPSA) is 57.5 Å². The lowest BCUT2D eigenvalue weighted by molar-refractivity contribution is -0.117. The van der Waals surface area contributed by atoms with E-state index < -0.39 is 15.4 Å². The highest BCUT2D eigenvalue weighted by atomic mass is 32.2. The van der Waals surface area contributed by atoms with Gasteiger partial charge < -0.3 is 0 Å². The Kier molecular flexibility index (Phi) is 2.74. The molecule has 1 fully saturated rings. The zero-order valence-corrected chi connectivity index (χ0v) is 8.84. The van der Waals surface area contributed by atoms with E-state index in [0.717, 1.165) is 4.31 Å². The van der Waals surface area contributed by atoms with Gasteiger partial charge >= 0.3 is 0 Å². The van der Waals surface area contributed by atoms with E-state index in [2.05, 4.69) is 0 Å². The number of ketones is 1. The van der Waals surface area contributed by atoms with E-state index in [4.69, 9.17) is 0 Å². The smallest absolute Gasteiger partial charge is 0.231 e. The SMILES string of the molecule is CC(=O)CN(C)S(=O)(=O)[C@H]1CN1C. The van der Waals surface area contributed by atoms with Crippen molar-refractivity contribution < 1.29 is 13.2 Å². The molecule has 0 spiro atoms. The first-order chi connectivity index (χ1) is 5.85. The molecule has 0 radical (unpaired) electrons. The predicted molar refractivity (Wildman–Crippen MR) is 48.6 cm³/mol. The number of nitrogens with zero attached hydrogens (tertiary/aromatic N) is 2. The Morgan fingerprint density at radius 1 is 1.62 bits per heavy atom. The van der Waals surface area contributed by atoms with E-state index in [9.17, 15) is 13.2 Å². The van der Waals surface area contributed by atoms with Crippen molar-refractivity contribution in [1.82, 2.24) is 9.21 Å². The Morgan fingerprint density at radius 2 is 2.08 bits per heavy atom. The third-order valence-corrected chi connectivity index (χ3v) is 4.22. The van der Waals surface area contributed by atoms with Gasteiger partial charge in [0.2, 0.25) is 10.0 Å². The quantitative estimate of drug-likeness (QED) is 0.560. The molecule has 6 heteroatoms. The monoisotopic (exact) mass is 206 g/mol. The fourth-order valence-corrected chi connectivity index (χ4v) is 2.79. The summed E-state index contributed by atoms with van der Waals surface area (Å²) in [4.78, 5) is 12.4. The molecule has 1 saturated heterocycles. The van der Waals surface area contributed by atoms with Crippen molar-refractivity contribution >= 4 is 15.8 Å². The van der Waals surface area contributed by atoms with E-state index in [-0.39, 0.29) is 12.3 Å². The lowest BCUT2D eigenvalue weighted by Crippen LogP contribution is -2.35. The van der Waals surface area contributed by atoms with E-state index in [1.54, 1.807) is 11.9 Å². The maximum absolute atomic E-state index is 11.6. The summed E-state index contributed by atoms with van der Waals surface area (Å²) in [7, 11) is -0.0983. The summed E-state index contributed by atoms with van der Waals surface area (Å²) in [5, 5.41) is -0.420. The van der Waals surface area contributed by atoms with Gasteiger partial charge in [-0.25, -0.2) is 8.42 Å². The number of hydrogen-bond acceptors (Lipinski definition) is 4. The molecule has 76 valence electrons. The fourth-order valence-electron chi connectivity index (χ4n) is 1.13. The highest BCUT2D eigenvalue weighted by molar-refractivity contribution is 7.90. The molecule has 1 unspecified atom stereocenters. The Labute approximate surface area is 78.4 Å². The van der Waals surface area contributed by atoms with Gasteiger partial charge in [-0.15, -0.1) is 0 Å². The first-order valence-electron chi connectivity index (χ1n) is 4.00. The van der Waals surface area contributed by atoms with Crippen LogP contribution in [0.15, 0.2) is 0 Å². The number of Topliss-reactive ketones (excluding diaryl/α,β-unsaturated/α-hetero) is 1. The predicted octanol–water partition coefficient (Wildman–Crippen LogP) is -0.891. The molecule has 1 aliphatic rings. The first kappa shape index (κ1) is 10.6. The van der Waals surface area contributed by atoms with Gasteiger partial charge in [0.1, 0.15) is 11.2 Å². The maximum atomic E-state index is 11.6. The van der Waals surface area contributed by atoms with Crippen LogP contribution in [0.1, 0.15) is 6.92 Å². The van der Waals surface area contributed by atoms with Crippen molar-refractivity contribution in [3.05, 3.63) is 0 Å². The minimum Gasteiger partial charge on any atom is -0.299 e. The second-order valence-electron chi connectivity index (χ2n) is 3.40. The molecule has 0 aliphatic carbocycles. The molecule has 0 aromatic heterocycles. The van der Waals surface area contributed by atoms with Crippen molar-refractivity contribution in [2.24, 2.45) is 0 Å². The summed E-state index contributed by atoms with van der Waals surface area (Å²) >= 11 is 0. The fraction of sp³-hybridized carbons (Fsp3) is 0.857. The number of likely N-dealkylation sites (N-methyl/N-ethyl adjacent to an activating group) is 2. The van der Waals surface area contributed by atoms with Crippen molar-refractivity contribution in [2.45, 2.75) is 12.3 Å². The van der Waals surface area contributed by atoms with Gasteiger partial charge in [0.15, 0.2) is 0 Å². The third kappa shape index (κ3) is 2.26. The highest BCUT2D eigenvalue weighted by Gasteiger charge is 2.44. The molecule has 0 aromatic carbocycles. The van der Waals surface area contributed by atoms with Crippen LogP contribution in [-0.2, 0) is 14.8 Å². The normalized spacial score (nSPS) is 27.7. The molecule has 0 N–H and O–H groups in total. The van der Waals surface area contributed by atoms with Crippen molar-refractivity contribution in [1.29, 1.82) is 0 Å². The van der Waals surface area contributed by atoms with Crippen LogP contribution in [-0.4, -0.2) is 56.0 Å². The van der Waals surface area contributed by atoms with Gasteiger partial charge in [0, 0.05) is 13.6 Å². The largest absolute Gasteiger partial charge is 0.299 e. The number of rotatable bonds is 4. The molecule has 1 heterocycles. The second kappa shape index (κ2) is 3.36. The minimum absolute atomic E-state index is 0.0350. The van der Waals surface area contributed by atoms with Crippen LogP contribution < -0.4 is 0 Å². The van der Waals surface area contributed by atoms with Crippen LogP contribution in [0.25, 0.3) is 0 Å². The lowest BCUT2D eigenvalue weighted by atomic mass is 10.5. The molecule has 0 amide bonds. The molecule has 13 heavy (non-hydrogen) atoms. The summed E-state index contributed by atoms with van der Waals surface area (Å²) < 4.78 is 24.3. The summed E-state index contributed by atoms with van der Waals surface area (Å²) in [5.74, 6) is -0.144. The van der Waals surface area contributed by atoms with Crippen molar-refractivity contribution in [3.8, 4) is 0 Å². The van der Waals surface area contributed by atoms with Crippen LogP contribution in [0.5, 0.6) is 0 Å². The Balaban J connectivity index is 2.65. The van der Waals surface area contributed by atoms with E-state index in [1.165, 1.54) is 14.0 Å². The molecule has 1 aliphatic heterocycles. The van der Waals surface area contributed by atoms with Crippen LogP contribution in [0.4, 0.5) is 0 Å². The number of sulfonamides is 1. The van der Waals surface area contributed by atoms with Crippen LogP contribution in [0.2, 0.25) is 0 Å². The average molecular weight is 206 g/mol. The average Bonchev–Trinajstić information content (AvgIpc) is 2.65. The van der Waals surface area contributed by atoms with Gasteiger partial charge in [0.05, 0.1) is 6.54 Å². The zero-order valence-electron chi connectivity index (χ0n) is 8.02. The van der Waals surface area contributed by atoms with E-state index >= 15 is 0 Å². The molecule has 5 nitrogen and oxygen atoms in total. The van der Waals surface area contributed by atoms with Crippen molar-refractivity contribution in [3.63, 3.8) is 0 Å². The van der Waals surface area contributed by atoms with Gasteiger partial charge in [0.25, 0.3) is 0 Å². The first-order valence-corrected chi connectivity index (χ1v) is 5.51. The summed E-state index contributed by atoms with van der Waals surface area (Å²) in [6.45, 7) is 1.90. The standard InChI is InChI=1S/C7H14N2O3S/c1-6(10)4-9(3)13(11,12)7-5-8(7)2/h7H,4-5H2,1-3H3/t7-,8?/m0/s1. The Hall–Kier alpha value is -0.460. The van der Waals surface area contributed by atoms with E-state index in [0.29, 0.717) is 6.54 Å². The Bertz CT molecular complexity index is 312. The van der Waals surface area contributed by atoms with E-state index in [1.807, 2.05) is 0 Å². The maximum Gasteiger partial charge on any atom is 0.231 e. The molecular formula is C7H14N2O3S. The van der Waals surface area contributed by atoms with Crippen LogP contribution >= 0.6 is 0 Å². The van der Waals surface area contributed by atoms with Gasteiger partial charge in [-0.1, -0.05) is 0 Å². The lowest BCUT2D eigenvalue weighted by Gasteiger charge is -2.14. The molecular weight excluding hydrogens is 192 g/mol. The summed E-state index contributed by atoms with van der Waals surface area (Å²) in [6.07, 6.45) is 0. The van der Waals surface area contributed by atoms with Gasteiger partial charge in [-0.3, -0.25) is 9.69 Å². The van der Waals surface area contributed by atoms with Gasteiger partial charge in [-0.2, -0.15) is 4.31 Å². The number of carbonyl (C=O) groups is 1. The highest BCUT2D eigenvalue weighted by Crippen LogP contribution is 2.22. The van der Waals surface area contributed by atoms with Crippen molar-refractivity contribution in [2.75, 3.05) is 27.2 Å². The summed E-state index contributed by atoms with van der Waals surface area (Å²) in [6, 6.07) is 0. The van der Waals surface area contributed by atoms with Gasteiger partial charge in [-0.05, 0) is 14.0 Å². The molecule has 0 saturated carbocycles. The zero-order chi connectivity index (χ0) is 10.2. The second-order valence-corrected chi connectivity index (χ2v) is 5.59. The van der Waals surface area contributed by atoms with Crippen LogP contribution in [0.3, 0.4) is 0 Å². The number of hydrogen-bond donors (Lipinski definition) is 0. The molecule has 1 rings (SSSR count). The summed E-state index contributed by atoms with van der Waals surface area (Å²) in [5.41, 5.74) is 0.